The van der Waals surface area contributed by atoms with E-state index in [0.717, 1.165) is 24.9 Å². The lowest BCUT2D eigenvalue weighted by atomic mass is 9.95. The summed E-state index contributed by atoms with van der Waals surface area (Å²) in [5, 5.41) is 2.96. The third kappa shape index (κ3) is 4.17. The van der Waals surface area contributed by atoms with Crippen molar-refractivity contribution in [1.29, 1.82) is 0 Å². The van der Waals surface area contributed by atoms with E-state index in [9.17, 15) is 4.79 Å². The van der Waals surface area contributed by atoms with Gasteiger partial charge in [-0.05, 0) is 24.5 Å². The molecule has 1 heterocycles. The maximum atomic E-state index is 11.9. The van der Waals surface area contributed by atoms with Crippen LogP contribution in [0, 0.1) is 5.41 Å². The smallest absolute Gasteiger partial charge is 0.229 e. The van der Waals surface area contributed by atoms with Crippen LogP contribution in [-0.4, -0.2) is 10.9 Å². The molecule has 1 rings (SSSR count). The van der Waals surface area contributed by atoms with Gasteiger partial charge in [0.05, 0.1) is 11.9 Å². The highest BCUT2D eigenvalue weighted by Gasteiger charge is 2.21. The number of carbonyl (C=O) groups excluding carboxylic acids is 1. The van der Waals surface area contributed by atoms with Gasteiger partial charge in [0.25, 0.3) is 0 Å². The first kappa shape index (κ1) is 13.7. The lowest BCUT2D eigenvalue weighted by Gasteiger charge is -2.19. The molecular formula is C14H22N2O. The van der Waals surface area contributed by atoms with Gasteiger partial charge in [-0.1, -0.05) is 34.1 Å². The van der Waals surface area contributed by atoms with Crippen LogP contribution in [0.4, 0.5) is 5.69 Å². The third-order valence-electron chi connectivity index (χ3n) is 2.64. The Labute approximate surface area is 104 Å². The van der Waals surface area contributed by atoms with E-state index in [1.165, 1.54) is 5.56 Å². The molecule has 0 bridgehead atoms. The van der Waals surface area contributed by atoms with Gasteiger partial charge in [0.1, 0.15) is 0 Å². The maximum Gasteiger partial charge on any atom is 0.229 e. The highest BCUT2D eigenvalue weighted by molar-refractivity contribution is 5.94. The SMILES string of the molecule is CCCCc1ccncc1NC(=O)C(C)(C)C. The van der Waals surface area contributed by atoms with Crippen molar-refractivity contribution in [2.75, 3.05) is 5.32 Å². The first-order valence-corrected chi connectivity index (χ1v) is 6.19. The van der Waals surface area contributed by atoms with Crippen LogP contribution in [0.25, 0.3) is 0 Å². The Hall–Kier alpha value is -1.38. The lowest BCUT2D eigenvalue weighted by Crippen LogP contribution is -2.28. The van der Waals surface area contributed by atoms with E-state index in [0.29, 0.717) is 0 Å². The second-order valence-electron chi connectivity index (χ2n) is 5.34. The number of hydrogen-bond acceptors (Lipinski definition) is 2. The number of aromatic nitrogens is 1. The number of carbonyl (C=O) groups is 1. The van der Waals surface area contributed by atoms with E-state index in [1.54, 1.807) is 12.4 Å². The molecule has 0 fully saturated rings. The molecule has 1 aromatic rings. The highest BCUT2D eigenvalue weighted by atomic mass is 16.2. The first-order valence-electron chi connectivity index (χ1n) is 6.19. The molecule has 17 heavy (non-hydrogen) atoms. The van der Waals surface area contributed by atoms with Crippen molar-refractivity contribution in [2.24, 2.45) is 5.41 Å². The number of nitrogens with one attached hydrogen (secondary N) is 1. The van der Waals surface area contributed by atoms with Crippen LogP contribution in [0.15, 0.2) is 18.5 Å². The summed E-state index contributed by atoms with van der Waals surface area (Å²) in [6.45, 7) is 7.88. The van der Waals surface area contributed by atoms with Crippen molar-refractivity contribution in [3.63, 3.8) is 0 Å². The number of unbranched alkanes of at least 4 members (excludes halogenated alkanes) is 1. The van der Waals surface area contributed by atoms with Gasteiger partial charge < -0.3 is 5.32 Å². The van der Waals surface area contributed by atoms with Crippen molar-refractivity contribution >= 4 is 11.6 Å². The van der Waals surface area contributed by atoms with Crippen molar-refractivity contribution in [1.82, 2.24) is 4.98 Å². The average molecular weight is 234 g/mol. The van der Waals surface area contributed by atoms with Gasteiger partial charge in [-0.3, -0.25) is 9.78 Å². The number of hydrogen-bond donors (Lipinski definition) is 1. The summed E-state index contributed by atoms with van der Waals surface area (Å²) < 4.78 is 0. The van der Waals surface area contributed by atoms with Crippen molar-refractivity contribution < 1.29 is 4.79 Å². The van der Waals surface area contributed by atoms with Crippen molar-refractivity contribution in [3.8, 4) is 0 Å². The molecule has 1 amide bonds. The lowest BCUT2D eigenvalue weighted by molar-refractivity contribution is -0.123. The Balaban J connectivity index is 2.80. The summed E-state index contributed by atoms with van der Waals surface area (Å²) in [5.41, 5.74) is 1.64. The molecule has 0 aliphatic heterocycles. The van der Waals surface area contributed by atoms with Crippen LogP contribution in [0.1, 0.15) is 46.1 Å². The molecule has 0 saturated carbocycles. The van der Waals surface area contributed by atoms with Crippen LogP contribution in [-0.2, 0) is 11.2 Å². The van der Waals surface area contributed by atoms with Gasteiger partial charge in [0, 0.05) is 11.6 Å². The van der Waals surface area contributed by atoms with Crippen LogP contribution < -0.4 is 5.32 Å². The minimum Gasteiger partial charge on any atom is -0.324 e. The Morgan fingerprint density at radius 1 is 1.41 bits per heavy atom. The van der Waals surface area contributed by atoms with Crippen LogP contribution in [0.5, 0.6) is 0 Å². The predicted octanol–water partition coefficient (Wildman–Crippen LogP) is 3.41. The normalized spacial score (nSPS) is 11.3. The summed E-state index contributed by atoms with van der Waals surface area (Å²) in [6.07, 6.45) is 6.77. The molecule has 0 aromatic carbocycles. The van der Waals surface area contributed by atoms with Crippen LogP contribution in [0.2, 0.25) is 0 Å². The number of anilines is 1. The predicted molar refractivity (Wildman–Crippen MR) is 70.9 cm³/mol. The summed E-state index contributed by atoms with van der Waals surface area (Å²) in [4.78, 5) is 16.0. The van der Waals surface area contributed by atoms with E-state index < -0.39 is 0 Å². The molecule has 3 nitrogen and oxygen atoms in total. The molecule has 0 aliphatic rings. The number of rotatable bonds is 4. The quantitative estimate of drug-likeness (QED) is 0.867. The molecule has 0 radical (unpaired) electrons. The van der Waals surface area contributed by atoms with Gasteiger partial charge in [-0.15, -0.1) is 0 Å². The second kappa shape index (κ2) is 5.80. The standard InChI is InChI=1S/C14H22N2O/c1-5-6-7-11-8-9-15-10-12(11)16-13(17)14(2,3)4/h8-10H,5-7H2,1-4H3,(H,16,17). The fourth-order valence-electron chi connectivity index (χ4n) is 1.43. The molecule has 0 spiro atoms. The zero-order valence-corrected chi connectivity index (χ0v) is 11.2. The van der Waals surface area contributed by atoms with Crippen molar-refractivity contribution in [2.45, 2.75) is 47.0 Å². The zero-order chi connectivity index (χ0) is 12.9. The summed E-state index contributed by atoms with van der Waals surface area (Å²) >= 11 is 0. The first-order chi connectivity index (χ1) is 7.95. The zero-order valence-electron chi connectivity index (χ0n) is 11.2. The maximum absolute atomic E-state index is 11.9. The molecular weight excluding hydrogens is 212 g/mol. The molecule has 0 saturated heterocycles. The summed E-state index contributed by atoms with van der Waals surface area (Å²) in [6, 6.07) is 1.98. The number of aryl methyl sites for hydroxylation is 1. The minimum atomic E-state index is -0.377. The molecule has 3 heteroatoms. The Bertz CT molecular complexity index is 380. The van der Waals surface area contributed by atoms with Gasteiger partial charge >= 0.3 is 0 Å². The number of nitrogens with zero attached hydrogens (tertiary/aromatic N) is 1. The van der Waals surface area contributed by atoms with Gasteiger partial charge in [-0.2, -0.15) is 0 Å². The number of amides is 1. The van der Waals surface area contributed by atoms with Crippen LogP contribution >= 0.6 is 0 Å². The number of pyridine rings is 1. The van der Waals surface area contributed by atoms with E-state index in [-0.39, 0.29) is 11.3 Å². The van der Waals surface area contributed by atoms with E-state index in [2.05, 4.69) is 17.2 Å². The summed E-state index contributed by atoms with van der Waals surface area (Å²) in [5.74, 6) is 0.0308. The Morgan fingerprint density at radius 3 is 2.71 bits per heavy atom. The van der Waals surface area contributed by atoms with E-state index >= 15 is 0 Å². The van der Waals surface area contributed by atoms with E-state index in [1.807, 2.05) is 26.8 Å². The third-order valence-corrected chi connectivity index (χ3v) is 2.64. The Morgan fingerprint density at radius 2 is 2.12 bits per heavy atom. The second-order valence-corrected chi connectivity index (χ2v) is 5.34. The fourth-order valence-corrected chi connectivity index (χ4v) is 1.43. The topological polar surface area (TPSA) is 42.0 Å². The van der Waals surface area contributed by atoms with Crippen molar-refractivity contribution in [3.05, 3.63) is 24.0 Å². The minimum absolute atomic E-state index is 0.0308. The molecule has 1 aromatic heterocycles. The fraction of sp³-hybridized carbons (Fsp3) is 0.571. The molecule has 0 atom stereocenters. The Kier molecular flexibility index (Phi) is 4.67. The van der Waals surface area contributed by atoms with Crippen LogP contribution in [0.3, 0.4) is 0 Å². The molecule has 0 unspecified atom stereocenters. The molecule has 94 valence electrons. The average Bonchev–Trinajstić information content (AvgIpc) is 2.26. The monoisotopic (exact) mass is 234 g/mol. The van der Waals surface area contributed by atoms with Gasteiger partial charge in [0.15, 0.2) is 0 Å². The summed E-state index contributed by atoms with van der Waals surface area (Å²) in [7, 11) is 0. The van der Waals surface area contributed by atoms with Gasteiger partial charge in [-0.25, -0.2) is 0 Å². The highest BCUT2D eigenvalue weighted by Crippen LogP contribution is 2.20. The van der Waals surface area contributed by atoms with E-state index in [4.69, 9.17) is 0 Å². The largest absolute Gasteiger partial charge is 0.324 e. The molecule has 0 aliphatic carbocycles. The molecule has 1 N–H and O–H groups in total. The van der Waals surface area contributed by atoms with Gasteiger partial charge in [0.2, 0.25) is 5.91 Å².